The van der Waals surface area contributed by atoms with E-state index in [4.69, 9.17) is 30.8 Å². The van der Waals surface area contributed by atoms with Crippen LogP contribution < -0.4 is 9.47 Å². The van der Waals surface area contributed by atoms with Crippen molar-refractivity contribution in [1.29, 1.82) is 0 Å². The van der Waals surface area contributed by atoms with Crippen LogP contribution in [0.4, 0.5) is 4.39 Å². The molecule has 1 N–H and O–H groups in total. The molecule has 6 rings (SSSR count). The Balaban J connectivity index is 1.31. The van der Waals surface area contributed by atoms with Gasteiger partial charge in [0.2, 0.25) is 0 Å². The molecule has 10 heteroatoms. The summed E-state index contributed by atoms with van der Waals surface area (Å²) in [6.45, 7) is 2.69. The summed E-state index contributed by atoms with van der Waals surface area (Å²) >= 11 is 7.50. The van der Waals surface area contributed by atoms with Gasteiger partial charge in [-0.25, -0.2) is 14.2 Å². The van der Waals surface area contributed by atoms with E-state index in [-0.39, 0.29) is 11.1 Å². The van der Waals surface area contributed by atoms with Crippen LogP contribution in [0, 0.1) is 5.82 Å². The molecule has 204 valence electrons. The molecule has 0 fully saturated rings. The molecule has 3 aromatic carbocycles. The first-order chi connectivity index (χ1) is 19.3. The molecule has 40 heavy (non-hydrogen) atoms. The fourth-order valence-corrected chi connectivity index (χ4v) is 6.05. The Morgan fingerprint density at radius 3 is 2.80 bits per heavy atom. The maximum Gasteiger partial charge on any atom is 0.335 e. The third kappa shape index (κ3) is 4.70. The maximum atomic E-state index is 14.8. The lowest BCUT2D eigenvalue weighted by Crippen LogP contribution is -2.32. The highest BCUT2D eigenvalue weighted by atomic mass is 35.5. The van der Waals surface area contributed by atoms with E-state index in [0.29, 0.717) is 36.1 Å². The molecule has 0 aliphatic carbocycles. The molecule has 3 heterocycles. The number of fused-ring (bicyclic) bond motifs is 2. The van der Waals surface area contributed by atoms with Crippen molar-refractivity contribution in [2.75, 3.05) is 13.7 Å². The Hall–Kier alpha value is -3.92. The van der Waals surface area contributed by atoms with Crippen molar-refractivity contribution < 1.29 is 28.5 Å². The van der Waals surface area contributed by atoms with Crippen molar-refractivity contribution in [2.45, 2.75) is 25.7 Å². The van der Waals surface area contributed by atoms with E-state index in [1.165, 1.54) is 6.07 Å². The van der Waals surface area contributed by atoms with Gasteiger partial charge < -0.3 is 23.9 Å². The number of carboxylic acids is 1. The van der Waals surface area contributed by atoms with Crippen molar-refractivity contribution >= 4 is 39.9 Å². The summed E-state index contributed by atoms with van der Waals surface area (Å²) < 4.78 is 34.4. The van der Waals surface area contributed by atoms with E-state index in [9.17, 15) is 14.3 Å². The lowest BCUT2D eigenvalue weighted by atomic mass is 10.1. The monoisotopic (exact) mass is 578 g/mol. The molecular formula is C30H24ClFN2O5S. The molecule has 0 amide bonds. The Bertz CT molecular complexity index is 1770. The summed E-state index contributed by atoms with van der Waals surface area (Å²) in [7, 11) is 1.63. The second-order valence-electron chi connectivity index (χ2n) is 9.58. The van der Waals surface area contributed by atoms with Crippen LogP contribution in [-0.2, 0) is 23.5 Å². The van der Waals surface area contributed by atoms with Gasteiger partial charge in [-0.05, 0) is 65.5 Å². The predicted octanol–water partition coefficient (Wildman–Crippen LogP) is 7.14. The summed E-state index contributed by atoms with van der Waals surface area (Å²) in [4.78, 5) is 17.3. The van der Waals surface area contributed by atoms with Gasteiger partial charge in [-0.2, -0.15) is 0 Å². The van der Waals surface area contributed by atoms with Gasteiger partial charge in [0.25, 0.3) is 5.79 Å². The summed E-state index contributed by atoms with van der Waals surface area (Å²) in [5, 5.41) is 11.8. The van der Waals surface area contributed by atoms with Crippen molar-refractivity contribution in [1.82, 2.24) is 9.55 Å². The molecule has 0 saturated carbocycles. The molecule has 0 bridgehead atoms. The zero-order valence-corrected chi connectivity index (χ0v) is 23.2. The average Bonchev–Trinajstić information content (AvgIpc) is 3.62. The van der Waals surface area contributed by atoms with E-state index >= 15 is 0 Å². The fraction of sp³-hybridized carbons (Fsp3) is 0.200. The van der Waals surface area contributed by atoms with Crippen molar-refractivity contribution in [3.8, 4) is 21.9 Å². The third-order valence-electron chi connectivity index (χ3n) is 6.88. The molecule has 5 aromatic rings. The molecular weight excluding hydrogens is 555 g/mol. The van der Waals surface area contributed by atoms with Crippen molar-refractivity contribution in [2.24, 2.45) is 0 Å². The van der Waals surface area contributed by atoms with Crippen LogP contribution in [-0.4, -0.2) is 34.3 Å². The molecule has 2 aromatic heterocycles. The number of para-hydroxylation sites is 1. The average molecular weight is 579 g/mol. The van der Waals surface area contributed by atoms with Gasteiger partial charge in [-0.15, -0.1) is 11.3 Å². The summed E-state index contributed by atoms with van der Waals surface area (Å²) in [5.41, 5.74) is 3.82. The Morgan fingerprint density at radius 1 is 1.18 bits per heavy atom. The number of carbonyl (C=O) groups is 1. The molecule has 0 radical (unpaired) electrons. The number of hydrogen-bond donors (Lipinski definition) is 1. The largest absolute Gasteiger partial charge is 0.478 e. The molecule has 1 aliphatic heterocycles. The fourth-order valence-electron chi connectivity index (χ4n) is 4.95. The van der Waals surface area contributed by atoms with Gasteiger partial charge in [0.05, 0.1) is 28.8 Å². The predicted molar refractivity (Wildman–Crippen MR) is 151 cm³/mol. The van der Waals surface area contributed by atoms with Gasteiger partial charge >= 0.3 is 5.97 Å². The molecule has 1 unspecified atom stereocenters. The minimum Gasteiger partial charge on any atom is -0.478 e. The number of benzene rings is 3. The van der Waals surface area contributed by atoms with Crippen molar-refractivity contribution in [3.63, 3.8) is 0 Å². The van der Waals surface area contributed by atoms with Crippen LogP contribution in [0.25, 0.3) is 21.5 Å². The van der Waals surface area contributed by atoms with Crippen LogP contribution in [0.2, 0.25) is 5.02 Å². The van der Waals surface area contributed by atoms with Crippen LogP contribution in [0.1, 0.15) is 34.2 Å². The van der Waals surface area contributed by atoms with E-state index in [2.05, 4.69) is 11.4 Å². The van der Waals surface area contributed by atoms with E-state index in [1.807, 2.05) is 16.7 Å². The number of carboxylic acid groups (broad SMARTS) is 1. The highest BCUT2D eigenvalue weighted by Gasteiger charge is 2.42. The second-order valence-corrected chi connectivity index (χ2v) is 10.9. The molecule has 1 atom stereocenters. The summed E-state index contributed by atoms with van der Waals surface area (Å²) in [6, 6.07) is 17.1. The van der Waals surface area contributed by atoms with Crippen LogP contribution in [0.5, 0.6) is 11.5 Å². The number of aromatic carboxylic acids is 1. The topological polar surface area (TPSA) is 82.8 Å². The van der Waals surface area contributed by atoms with E-state index in [1.54, 1.807) is 61.8 Å². The number of hydrogen-bond acceptors (Lipinski definition) is 6. The normalized spacial score (nSPS) is 16.1. The molecule has 0 spiro atoms. The van der Waals surface area contributed by atoms with Crippen molar-refractivity contribution in [3.05, 3.63) is 99.4 Å². The van der Waals surface area contributed by atoms with Gasteiger partial charge in [-0.1, -0.05) is 17.7 Å². The first-order valence-electron chi connectivity index (χ1n) is 12.5. The zero-order chi connectivity index (χ0) is 28.0. The zero-order valence-electron chi connectivity index (χ0n) is 21.6. The highest BCUT2D eigenvalue weighted by Crippen LogP contribution is 2.50. The highest BCUT2D eigenvalue weighted by molar-refractivity contribution is 7.13. The maximum absolute atomic E-state index is 14.8. The number of aromatic nitrogens is 2. The van der Waals surface area contributed by atoms with Crippen LogP contribution in [0.15, 0.2) is 66.0 Å². The van der Waals surface area contributed by atoms with Gasteiger partial charge in [-0.3, -0.25) is 0 Å². The lowest BCUT2D eigenvalue weighted by molar-refractivity contribution is -0.0705. The number of nitrogens with zero attached hydrogens (tertiary/aromatic N) is 2. The van der Waals surface area contributed by atoms with E-state index < -0.39 is 17.6 Å². The summed E-state index contributed by atoms with van der Waals surface area (Å²) in [6.07, 6.45) is 0.539. The third-order valence-corrected chi connectivity index (χ3v) is 8.12. The standard InChI is InChI=1S/C30H24ClFN2O5S/c1-30(21-8-7-19(31)15-22(21)32)38-25-5-3-4-20(28(25)39-30)26-12-17(16-40-26)13-27-33-23-9-6-18(29(35)36)14-24(23)34(27)10-11-37-2/h3-9,12,14-16H,10-11,13H2,1-2H3,(H,35,36). The molecule has 7 nitrogen and oxygen atoms in total. The minimum absolute atomic E-state index is 0.209. The first-order valence-corrected chi connectivity index (χ1v) is 13.8. The first kappa shape index (κ1) is 26.3. The van der Waals surface area contributed by atoms with Crippen LogP contribution in [0.3, 0.4) is 0 Å². The number of rotatable bonds is 8. The quantitative estimate of drug-likeness (QED) is 0.211. The molecule has 1 aliphatic rings. The van der Waals surface area contributed by atoms with Gasteiger partial charge in [0.15, 0.2) is 11.5 Å². The lowest BCUT2D eigenvalue weighted by Gasteiger charge is -2.24. The number of methoxy groups -OCH3 is 1. The molecule has 0 saturated heterocycles. The smallest absolute Gasteiger partial charge is 0.335 e. The Morgan fingerprint density at radius 2 is 2.02 bits per heavy atom. The summed E-state index contributed by atoms with van der Waals surface area (Å²) in [5.74, 6) is -0.950. The second kappa shape index (κ2) is 10.2. The Labute approximate surface area is 238 Å². The van der Waals surface area contributed by atoms with Gasteiger partial charge in [0.1, 0.15) is 11.6 Å². The van der Waals surface area contributed by atoms with E-state index in [0.717, 1.165) is 32.9 Å². The number of ether oxygens (including phenoxy) is 3. The number of halogens is 2. The number of imidazole rings is 1. The Kier molecular flexibility index (Phi) is 6.74. The SMILES string of the molecule is COCCn1c(Cc2csc(-c3cccc4c3OC(C)(c3ccc(Cl)cc3F)O4)c2)nc2ccc(C(=O)O)cc21. The van der Waals surface area contributed by atoms with Crippen LogP contribution >= 0.6 is 22.9 Å². The minimum atomic E-state index is -1.34. The number of thiophene rings is 1. The van der Waals surface area contributed by atoms with Gasteiger partial charge in [0, 0.05) is 42.5 Å².